The minimum Gasteiger partial charge on any atom is -0.495 e. The van der Waals surface area contributed by atoms with Crippen molar-refractivity contribution in [2.75, 3.05) is 7.11 Å². The highest BCUT2D eigenvalue weighted by Gasteiger charge is 2.69. The van der Waals surface area contributed by atoms with E-state index in [4.69, 9.17) is 16.3 Å². The van der Waals surface area contributed by atoms with Crippen LogP contribution in [0, 0.1) is 17.7 Å². The molecular weight excluding hydrogens is 375 g/mol. The van der Waals surface area contributed by atoms with Crippen LogP contribution in [-0.4, -0.2) is 24.2 Å². The number of halogens is 4. The quantitative estimate of drug-likeness (QED) is 0.725. The molecule has 8 heteroatoms. The minimum absolute atomic E-state index is 0.0658. The van der Waals surface area contributed by atoms with E-state index in [1.807, 2.05) is 0 Å². The van der Waals surface area contributed by atoms with Crippen LogP contribution >= 0.6 is 23.5 Å². The van der Waals surface area contributed by atoms with Crippen LogP contribution in [0.5, 0.6) is 5.75 Å². The Morgan fingerprint density at radius 2 is 1.92 bits per heavy atom. The molecule has 0 spiro atoms. The lowest BCUT2D eigenvalue weighted by Crippen LogP contribution is -2.18. The van der Waals surface area contributed by atoms with Gasteiger partial charge in [-0.1, -0.05) is 18.0 Å². The molecule has 0 radical (unpaired) electrons. The lowest BCUT2D eigenvalue weighted by Gasteiger charge is -2.08. The number of methoxy groups -OCH3 is 1. The van der Waals surface area contributed by atoms with Gasteiger partial charge in [0.15, 0.2) is 0 Å². The topological polar surface area (TPSA) is 38.3 Å². The van der Waals surface area contributed by atoms with Crippen molar-refractivity contribution in [3.05, 3.63) is 28.5 Å². The van der Waals surface area contributed by atoms with E-state index in [9.17, 15) is 18.0 Å². The third-order valence-corrected chi connectivity index (χ3v) is 6.13. The number of rotatable bonds is 4. The van der Waals surface area contributed by atoms with Crippen LogP contribution in [0.15, 0.2) is 12.1 Å². The summed E-state index contributed by atoms with van der Waals surface area (Å²) in [6.45, 7) is 0. The van der Waals surface area contributed by atoms with Gasteiger partial charge in [0, 0.05) is 23.2 Å². The summed E-state index contributed by atoms with van der Waals surface area (Å²) in [7, 11) is 1.39. The fraction of sp³-hybridized carbons (Fsp3) is 0.588. The third kappa shape index (κ3) is 4.19. The summed E-state index contributed by atoms with van der Waals surface area (Å²) in [5.74, 6) is -3.54. The van der Waals surface area contributed by atoms with Crippen molar-refractivity contribution in [3.63, 3.8) is 0 Å². The van der Waals surface area contributed by atoms with Gasteiger partial charge in [-0.15, -0.1) is 0 Å². The number of carbonyl (C=O) groups is 1. The van der Waals surface area contributed by atoms with E-state index < -0.39 is 17.6 Å². The molecule has 3 fully saturated rings. The van der Waals surface area contributed by atoms with E-state index in [-0.39, 0.29) is 28.2 Å². The average molecular weight is 394 g/mol. The van der Waals surface area contributed by atoms with E-state index in [0.717, 1.165) is 38.2 Å². The molecule has 3 nitrogen and oxygen atoms in total. The maximum atomic E-state index is 13.6. The van der Waals surface area contributed by atoms with Crippen molar-refractivity contribution < 1.29 is 22.7 Å². The Hall–Kier alpha value is -1.08. The molecule has 2 unspecified atom stereocenters. The molecule has 0 heterocycles. The van der Waals surface area contributed by atoms with Gasteiger partial charge >= 0.3 is 0 Å². The molecular formula is C17H19ClF3NO2S. The number of amides is 1. The summed E-state index contributed by atoms with van der Waals surface area (Å²) >= 11 is 7.17. The van der Waals surface area contributed by atoms with Gasteiger partial charge in [0.1, 0.15) is 11.6 Å². The first-order valence-corrected chi connectivity index (χ1v) is 9.47. The molecule has 0 aliphatic heterocycles. The lowest BCUT2D eigenvalue weighted by atomic mass is 10.2. The number of carbonyl (C=O) groups excluding carboxylic acids is 1. The Labute approximate surface area is 153 Å². The first kappa shape index (κ1) is 18.7. The largest absolute Gasteiger partial charge is 0.495 e. The summed E-state index contributed by atoms with van der Waals surface area (Å²) in [6.07, 6.45) is 4.77. The number of fused-ring (bicyclic) bond motifs is 1. The molecule has 0 aromatic heterocycles. The predicted octanol–water partition coefficient (Wildman–Crippen LogP) is 5.08. The summed E-state index contributed by atoms with van der Waals surface area (Å²) in [5.41, 5.74) is -0.0658. The van der Waals surface area contributed by atoms with Crippen molar-refractivity contribution in [1.82, 2.24) is 4.72 Å². The number of hydrogen-bond acceptors (Lipinski definition) is 3. The number of benzene rings is 1. The standard InChI is InChI=1S/C11H11ClFNO2S.C6H8F2/c1-16-10-5-9(13)7(4-8(10)12)11(15)14-17-6-2-3-6;7-6(8)4-2-1-3-5(4)6/h4-6H,2-3H2,1H3,(H,14,15);4-5H,1-3H2. The normalized spacial score (nSPS) is 25.5. The van der Waals surface area contributed by atoms with Crippen molar-refractivity contribution in [2.24, 2.45) is 11.8 Å². The second-order valence-electron chi connectivity index (χ2n) is 6.53. The molecule has 2 atom stereocenters. The van der Waals surface area contributed by atoms with Gasteiger partial charge in [0.2, 0.25) is 0 Å². The summed E-state index contributed by atoms with van der Waals surface area (Å²) in [6, 6.07) is 2.39. The van der Waals surface area contributed by atoms with E-state index in [2.05, 4.69) is 4.72 Å². The Bertz CT molecular complexity index is 658. The zero-order valence-electron chi connectivity index (χ0n) is 13.7. The van der Waals surface area contributed by atoms with Crippen LogP contribution in [0.4, 0.5) is 13.2 Å². The molecule has 4 rings (SSSR count). The summed E-state index contributed by atoms with van der Waals surface area (Å²) in [5, 5.41) is 0.686. The van der Waals surface area contributed by atoms with Gasteiger partial charge < -0.3 is 4.74 Å². The van der Waals surface area contributed by atoms with Crippen LogP contribution in [0.2, 0.25) is 5.02 Å². The first-order chi connectivity index (χ1) is 11.8. The van der Waals surface area contributed by atoms with E-state index in [0.29, 0.717) is 5.25 Å². The maximum absolute atomic E-state index is 13.6. The van der Waals surface area contributed by atoms with Gasteiger partial charge in [0.05, 0.1) is 17.7 Å². The molecule has 1 N–H and O–H groups in total. The highest BCUT2D eigenvalue weighted by molar-refractivity contribution is 7.98. The Kier molecular flexibility index (Phi) is 5.44. The molecule has 1 aromatic carbocycles. The molecule has 0 bridgehead atoms. The van der Waals surface area contributed by atoms with Crippen molar-refractivity contribution >= 4 is 29.5 Å². The lowest BCUT2D eigenvalue weighted by molar-refractivity contribution is 0.0728. The number of hydrogen-bond donors (Lipinski definition) is 1. The van der Waals surface area contributed by atoms with Gasteiger partial charge in [-0.3, -0.25) is 9.52 Å². The molecule has 138 valence electrons. The Morgan fingerprint density at radius 3 is 2.40 bits per heavy atom. The number of nitrogens with one attached hydrogen (secondary N) is 1. The molecule has 25 heavy (non-hydrogen) atoms. The Balaban J connectivity index is 0.000000188. The first-order valence-electron chi connectivity index (χ1n) is 8.21. The number of ether oxygens (including phenoxy) is 1. The van der Waals surface area contributed by atoms with Gasteiger partial charge in [0.25, 0.3) is 11.8 Å². The van der Waals surface area contributed by atoms with Crippen LogP contribution in [0.3, 0.4) is 0 Å². The fourth-order valence-electron chi connectivity index (χ4n) is 3.04. The third-order valence-electron chi connectivity index (χ3n) is 4.72. The van der Waals surface area contributed by atoms with Crippen LogP contribution in [-0.2, 0) is 0 Å². The maximum Gasteiger partial charge on any atom is 0.264 e. The van der Waals surface area contributed by atoms with Crippen molar-refractivity contribution in [1.29, 1.82) is 0 Å². The minimum atomic E-state index is -2.24. The zero-order valence-corrected chi connectivity index (χ0v) is 15.2. The second-order valence-corrected chi connectivity index (χ2v) is 8.05. The fourth-order valence-corrected chi connectivity index (χ4v) is 4.04. The van der Waals surface area contributed by atoms with Gasteiger partial charge in [-0.25, -0.2) is 13.2 Å². The van der Waals surface area contributed by atoms with E-state index in [1.54, 1.807) is 0 Å². The summed E-state index contributed by atoms with van der Waals surface area (Å²) < 4.78 is 45.5. The highest BCUT2D eigenvalue weighted by Crippen LogP contribution is 2.63. The highest BCUT2D eigenvalue weighted by atomic mass is 35.5. The van der Waals surface area contributed by atoms with E-state index in [1.165, 1.54) is 25.1 Å². The number of alkyl halides is 2. The van der Waals surface area contributed by atoms with Crippen LogP contribution in [0.1, 0.15) is 42.5 Å². The summed E-state index contributed by atoms with van der Waals surface area (Å²) in [4.78, 5) is 11.7. The molecule has 3 aliphatic rings. The molecule has 1 aromatic rings. The zero-order chi connectivity index (χ0) is 18.2. The monoisotopic (exact) mass is 393 g/mol. The van der Waals surface area contributed by atoms with E-state index >= 15 is 0 Å². The predicted molar refractivity (Wildman–Crippen MR) is 91.8 cm³/mol. The average Bonchev–Trinajstić information content (AvgIpc) is 3.41. The molecule has 3 aliphatic carbocycles. The van der Waals surface area contributed by atoms with Crippen molar-refractivity contribution in [3.8, 4) is 5.75 Å². The van der Waals surface area contributed by atoms with Crippen molar-refractivity contribution in [2.45, 2.75) is 43.3 Å². The van der Waals surface area contributed by atoms with Crippen LogP contribution < -0.4 is 9.46 Å². The molecule has 1 amide bonds. The second kappa shape index (κ2) is 7.27. The molecule has 0 saturated heterocycles. The van der Waals surface area contributed by atoms with Crippen LogP contribution in [0.25, 0.3) is 0 Å². The smallest absolute Gasteiger partial charge is 0.264 e. The SMILES string of the molecule is COc1cc(F)c(C(=O)NSC2CC2)cc1Cl.FC1(F)C2CCCC21. The van der Waals surface area contributed by atoms with Gasteiger partial charge in [-0.05, 0) is 43.7 Å². The van der Waals surface area contributed by atoms with Gasteiger partial charge in [-0.2, -0.15) is 0 Å². The molecule has 3 saturated carbocycles. The Morgan fingerprint density at radius 1 is 1.28 bits per heavy atom.